The molecule has 3 heteroatoms. The predicted molar refractivity (Wildman–Crippen MR) is 168 cm³/mol. The Morgan fingerprint density at radius 1 is 0.500 bits per heavy atom. The first-order chi connectivity index (χ1) is 19.8. The number of benzene rings is 6. The van der Waals surface area contributed by atoms with Crippen LogP contribution in [-0.2, 0) is 0 Å². The third-order valence-electron chi connectivity index (χ3n) is 7.70. The van der Waals surface area contributed by atoms with Crippen molar-refractivity contribution in [2.24, 2.45) is 0 Å². The third-order valence-corrected chi connectivity index (χ3v) is 8.92. The Hall–Kier alpha value is -5.17. The van der Waals surface area contributed by atoms with Crippen LogP contribution in [0.15, 0.2) is 132 Å². The summed E-state index contributed by atoms with van der Waals surface area (Å²) in [6.07, 6.45) is 0. The van der Waals surface area contributed by atoms with Crippen molar-refractivity contribution in [2.45, 2.75) is 0 Å². The molecule has 0 aliphatic rings. The molecule has 6 aromatic carbocycles. The van der Waals surface area contributed by atoms with Gasteiger partial charge in [-0.05, 0) is 46.5 Å². The first-order valence-corrected chi connectivity index (χ1v) is 14.1. The summed E-state index contributed by atoms with van der Waals surface area (Å²) in [5.41, 5.74) is 8.66. The van der Waals surface area contributed by atoms with Crippen LogP contribution in [0.3, 0.4) is 0 Å². The standard InChI is InChI=1S/C37H21NOS/c38-22-23-19-25(21-26(20-23)29-14-8-17-33-30-11-4-5-18-34(30)40-37(29)33)28-13-7-16-32-31-15-6-12-27(35(31)39-36(28)32)24-9-2-1-3-10-24/h1-21H. The van der Waals surface area contributed by atoms with Gasteiger partial charge in [-0.1, -0.05) is 103 Å². The molecule has 8 rings (SSSR count). The summed E-state index contributed by atoms with van der Waals surface area (Å²) >= 11 is 1.80. The molecule has 2 heterocycles. The number of para-hydroxylation sites is 2. The lowest BCUT2D eigenvalue weighted by atomic mass is 9.94. The Bertz CT molecular complexity index is 2280. The van der Waals surface area contributed by atoms with Gasteiger partial charge in [0.05, 0.1) is 11.6 Å². The molecule has 2 nitrogen and oxygen atoms in total. The summed E-state index contributed by atoms with van der Waals surface area (Å²) in [6.45, 7) is 0. The fraction of sp³-hybridized carbons (Fsp3) is 0. The highest BCUT2D eigenvalue weighted by Gasteiger charge is 2.17. The van der Waals surface area contributed by atoms with Crippen LogP contribution in [0.4, 0.5) is 0 Å². The molecule has 0 radical (unpaired) electrons. The van der Waals surface area contributed by atoms with Crippen molar-refractivity contribution in [1.82, 2.24) is 0 Å². The normalized spacial score (nSPS) is 11.5. The van der Waals surface area contributed by atoms with Crippen LogP contribution in [0.1, 0.15) is 5.56 Å². The first-order valence-electron chi connectivity index (χ1n) is 13.2. The fourth-order valence-electron chi connectivity index (χ4n) is 5.87. The Labute approximate surface area is 235 Å². The Morgan fingerprint density at radius 2 is 1.07 bits per heavy atom. The van der Waals surface area contributed by atoms with Crippen LogP contribution in [0.5, 0.6) is 0 Å². The molecule has 2 aromatic heterocycles. The number of hydrogen-bond donors (Lipinski definition) is 0. The summed E-state index contributed by atoms with van der Waals surface area (Å²) in [5, 5.41) is 14.7. The van der Waals surface area contributed by atoms with Crippen molar-refractivity contribution in [1.29, 1.82) is 5.26 Å². The van der Waals surface area contributed by atoms with Gasteiger partial charge in [0.15, 0.2) is 0 Å². The van der Waals surface area contributed by atoms with Crippen LogP contribution in [0.25, 0.3) is 75.5 Å². The SMILES string of the molecule is N#Cc1cc(-c2cccc3c2oc2c(-c4ccccc4)cccc23)cc(-c2cccc3c2sc2ccccc23)c1. The number of nitrogens with zero attached hydrogens (tertiary/aromatic N) is 1. The van der Waals surface area contributed by atoms with E-state index in [2.05, 4.69) is 103 Å². The van der Waals surface area contributed by atoms with E-state index in [9.17, 15) is 5.26 Å². The van der Waals surface area contributed by atoms with Gasteiger partial charge >= 0.3 is 0 Å². The van der Waals surface area contributed by atoms with Gasteiger partial charge in [0.2, 0.25) is 0 Å². The minimum Gasteiger partial charge on any atom is -0.455 e. The zero-order valence-corrected chi connectivity index (χ0v) is 22.2. The molecule has 0 aliphatic carbocycles. The number of fused-ring (bicyclic) bond motifs is 6. The highest BCUT2D eigenvalue weighted by Crippen LogP contribution is 2.43. The van der Waals surface area contributed by atoms with Gasteiger partial charge < -0.3 is 4.42 Å². The number of hydrogen-bond acceptors (Lipinski definition) is 3. The number of furan rings is 1. The Morgan fingerprint density at radius 3 is 1.80 bits per heavy atom. The fourth-order valence-corrected chi connectivity index (χ4v) is 7.11. The van der Waals surface area contributed by atoms with Crippen molar-refractivity contribution in [3.63, 3.8) is 0 Å². The molecule has 0 amide bonds. The molecule has 0 aliphatic heterocycles. The second-order valence-corrected chi connectivity index (χ2v) is 11.1. The van der Waals surface area contributed by atoms with E-state index >= 15 is 0 Å². The maximum Gasteiger partial charge on any atom is 0.143 e. The van der Waals surface area contributed by atoms with E-state index < -0.39 is 0 Å². The van der Waals surface area contributed by atoms with Gasteiger partial charge in [-0.25, -0.2) is 0 Å². The average molecular weight is 528 g/mol. The van der Waals surface area contributed by atoms with Gasteiger partial charge in [-0.15, -0.1) is 11.3 Å². The zero-order valence-electron chi connectivity index (χ0n) is 21.4. The van der Waals surface area contributed by atoms with Gasteiger partial charge in [0.1, 0.15) is 11.2 Å². The summed E-state index contributed by atoms with van der Waals surface area (Å²) < 4.78 is 9.17. The van der Waals surface area contributed by atoms with E-state index in [0.717, 1.165) is 55.3 Å². The maximum atomic E-state index is 10.0. The molecule has 0 spiro atoms. The van der Waals surface area contributed by atoms with Crippen LogP contribution in [0.2, 0.25) is 0 Å². The maximum absolute atomic E-state index is 10.0. The molecular formula is C37H21NOS. The van der Waals surface area contributed by atoms with Gasteiger partial charge in [0.25, 0.3) is 0 Å². The molecule has 8 aromatic rings. The minimum atomic E-state index is 0.628. The summed E-state index contributed by atoms with van der Waals surface area (Å²) in [7, 11) is 0. The van der Waals surface area contributed by atoms with E-state index in [1.54, 1.807) is 11.3 Å². The summed E-state index contributed by atoms with van der Waals surface area (Å²) in [5.74, 6) is 0. The molecule has 40 heavy (non-hydrogen) atoms. The lowest BCUT2D eigenvalue weighted by molar-refractivity contribution is 0.671. The second kappa shape index (κ2) is 8.95. The number of rotatable bonds is 3. The predicted octanol–water partition coefficient (Wildman–Crippen LogP) is 10.8. The lowest BCUT2D eigenvalue weighted by Crippen LogP contribution is -1.86. The smallest absolute Gasteiger partial charge is 0.143 e. The molecule has 186 valence electrons. The average Bonchev–Trinajstić information content (AvgIpc) is 3.60. The van der Waals surface area contributed by atoms with E-state index in [0.29, 0.717) is 5.56 Å². The summed E-state index contributed by atoms with van der Waals surface area (Å²) in [4.78, 5) is 0. The summed E-state index contributed by atoms with van der Waals surface area (Å²) in [6, 6.07) is 46.5. The molecule has 0 bridgehead atoms. The van der Waals surface area contributed by atoms with Crippen LogP contribution < -0.4 is 0 Å². The Balaban J connectivity index is 1.37. The van der Waals surface area contributed by atoms with Crippen molar-refractivity contribution < 1.29 is 4.42 Å². The van der Waals surface area contributed by atoms with Gasteiger partial charge in [-0.3, -0.25) is 0 Å². The number of thiophene rings is 1. The van der Waals surface area contributed by atoms with Crippen LogP contribution >= 0.6 is 11.3 Å². The minimum absolute atomic E-state index is 0.628. The first kappa shape index (κ1) is 22.8. The van der Waals surface area contributed by atoms with E-state index in [4.69, 9.17) is 4.42 Å². The van der Waals surface area contributed by atoms with Crippen molar-refractivity contribution in [3.05, 3.63) is 133 Å². The quantitative estimate of drug-likeness (QED) is 0.229. The lowest BCUT2D eigenvalue weighted by Gasteiger charge is -2.09. The molecule has 0 atom stereocenters. The van der Waals surface area contributed by atoms with E-state index in [1.807, 2.05) is 30.3 Å². The molecule has 0 saturated carbocycles. The molecule has 0 N–H and O–H groups in total. The van der Waals surface area contributed by atoms with Crippen LogP contribution in [-0.4, -0.2) is 0 Å². The van der Waals surface area contributed by atoms with Gasteiger partial charge in [-0.2, -0.15) is 5.26 Å². The monoisotopic (exact) mass is 527 g/mol. The van der Waals surface area contributed by atoms with Crippen LogP contribution in [0, 0.1) is 11.3 Å². The molecular weight excluding hydrogens is 506 g/mol. The van der Waals surface area contributed by atoms with Gasteiger partial charge in [0, 0.05) is 42.1 Å². The largest absolute Gasteiger partial charge is 0.455 e. The van der Waals surface area contributed by atoms with Crippen molar-refractivity contribution in [2.75, 3.05) is 0 Å². The highest BCUT2D eigenvalue weighted by molar-refractivity contribution is 7.26. The molecule has 0 fully saturated rings. The Kier molecular flexibility index (Phi) is 5.10. The van der Waals surface area contributed by atoms with E-state index in [1.165, 1.54) is 20.2 Å². The zero-order chi connectivity index (χ0) is 26.6. The number of nitriles is 1. The van der Waals surface area contributed by atoms with Crippen molar-refractivity contribution >= 4 is 53.4 Å². The highest BCUT2D eigenvalue weighted by atomic mass is 32.1. The van der Waals surface area contributed by atoms with E-state index in [-0.39, 0.29) is 0 Å². The van der Waals surface area contributed by atoms with Crippen molar-refractivity contribution in [3.8, 4) is 39.4 Å². The second-order valence-electron chi connectivity index (χ2n) is 10.0. The molecule has 0 saturated heterocycles. The third kappa shape index (κ3) is 3.48. The molecule has 0 unspecified atom stereocenters. The topological polar surface area (TPSA) is 36.9 Å².